The first kappa shape index (κ1) is 23.6. The molecule has 8 heteroatoms. The van der Waals surface area contributed by atoms with Crippen molar-refractivity contribution < 1.29 is 18.3 Å². The van der Waals surface area contributed by atoms with E-state index >= 15 is 0 Å². The Morgan fingerprint density at radius 2 is 1.86 bits per heavy atom. The van der Waals surface area contributed by atoms with Crippen LogP contribution in [0.5, 0.6) is 0 Å². The van der Waals surface area contributed by atoms with E-state index in [1.54, 1.807) is 42.6 Å². The third-order valence-electron chi connectivity index (χ3n) is 6.27. The smallest absolute Gasteiger partial charge is 0.327 e. The van der Waals surface area contributed by atoms with Crippen molar-refractivity contribution in [3.05, 3.63) is 96.3 Å². The summed E-state index contributed by atoms with van der Waals surface area (Å²) < 4.78 is 31.1. The second kappa shape index (κ2) is 9.13. The number of allylic oxidation sites excluding steroid dienone is 1. The number of fused-ring (bicyclic) bond motifs is 2. The highest BCUT2D eigenvalue weighted by molar-refractivity contribution is 7.90. The van der Waals surface area contributed by atoms with Gasteiger partial charge in [-0.15, -0.1) is 0 Å². The second-order valence-corrected chi connectivity index (χ2v) is 10.6. The Labute approximate surface area is 209 Å². The number of rotatable bonds is 7. The zero-order valence-electron chi connectivity index (χ0n) is 19.9. The molecule has 7 nitrogen and oxygen atoms in total. The van der Waals surface area contributed by atoms with E-state index in [9.17, 15) is 13.2 Å². The van der Waals surface area contributed by atoms with Crippen LogP contribution in [0.4, 0.5) is 0 Å². The van der Waals surface area contributed by atoms with Gasteiger partial charge < -0.3 is 9.67 Å². The minimum atomic E-state index is -3.93. The van der Waals surface area contributed by atoms with Crippen LogP contribution >= 0.6 is 0 Å². The van der Waals surface area contributed by atoms with Crippen LogP contribution in [0.25, 0.3) is 33.2 Å². The van der Waals surface area contributed by atoms with E-state index in [2.05, 4.69) is 4.98 Å². The van der Waals surface area contributed by atoms with Crippen LogP contribution in [0.15, 0.2) is 90.1 Å². The summed E-state index contributed by atoms with van der Waals surface area (Å²) in [7, 11) is -2.00. The first-order valence-corrected chi connectivity index (χ1v) is 13.0. The highest BCUT2D eigenvalue weighted by Gasteiger charge is 2.26. The van der Waals surface area contributed by atoms with E-state index in [0.29, 0.717) is 24.2 Å². The Bertz CT molecular complexity index is 1740. The topological polar surface area (TPSA) is 94.2 Å². The molecule has 2 aromatic carbocycles. The molecule has 0 bridgehead atoms. The minimum Gasteiger partial charge on any atom is -0.478 e. The molecule has 0 saturated heterocycles. The quantitative estimate of drug-likeness (QED) is 0.306. The maximum absolute atomic E-state index is 13.9. The molecule has 5 rings (SSSR count). The van der Waals surface area contributed by atoms with Crippen LogP contribution in [-0.4, -0.2) is 33.0 Å². The van der Waals surface area contributed by atoms with Crippen LogP contribution in [-0.2, 0) is 28.3 Å². The summed E-state index contributed by atoms with van der Waals surface area (Å²) in [5.74, 6) is -0.966. The molecule has 0 atom stereocenters. The number of carboxylic acids is 1. The van der Waals surface area contributed by atoms with Crippen molar-refractivity contribution in [2.75, 3.05) is 0 Å². The minimum absolute atomic E-state index is 0.198. The predicted molar refractivity (Wildman–Crippen MR) is 141 cm³/mol. The van der Waals surface area contributed by atoms with Crippen molar-refractivity contribution in [1.82, 2.24) is 13.5 Å². The number of carbonyl (C=O) groups is 1. The van der Waals surface area contributed by atoms with E-state index in [-0.39, 0.29) is 4.90 Å². The fourth-order valence-corrected chi connectivity index (χ4v) is 5.97. The fraction of sp³-hybridized carbons (Fsp3) is 0.143. The highest BCUT2D eigenvalue weighted by atomic mass is 32.2. The number of nitrogens with zero attached hydrogens (tertiary/aromatic N) is 3. The monoisotopic (exact) mass is 499 g/mol. The first-order valence-electron chi connectivity index (χ1n) is 11.5. The third-order valence-corrected chi connectivity index (χ3v) is 7.99. The number of benzene rings is 2. The lowest BCUT2D eigenvalue weighted by Gasteiger charge is -2.12. The molecule has 0 spiro atoms. The largest absolute Gasteiger partial charge is 0.478 e. The maximum atomic E-state index is 13.9. The molecule has 0 amide bonds. The Kier molecular flexibility index (Phi) is 5.97. The van der Waals surface area contributed by atoms with Gasteiger partial charge in [0.15, 0.2) is 5.65 Å². The van der Waals surface area contributed by atoms with Gasteiger partial charge >= 0.3 is 5.97 Å². The normalized spacial score (nSPS) is 12.2. The van der Waals surface area contributed by atoms with Gasteiger partial charge in [-0.25, -0.2) is 22.2 Å². The summed E-state index contributed by atoms with van der Waals surface area (Å²) >= 11 is 0. The van der Waals surface area contributed by atoms with E-state index < -0.39 is 16.0 Å². The molecular formula is C28H25N3O4S. The molecule has 3 aromatic heterocycles. The number of pyridine rings is 1. The Morgan fingerprint density at radius 1 is 1.08 bits per heavy atom. The summed E-state index contributed by atoms with van der Waals surface area (Å²) in [6, 6.07) is 18.4. The van der Waals surface area contributed by atoms with Gasteiger partial charge in [-0.1, -0.05) is 29.8 Å². The van der Waals surface area contributed by atoms with Gasteiger partial charge in [0.2, 0.25) is 0 Å². The van der Waals surface area contributed by atoms with Crippen LogP contribution in [0.1, 0.15) is 17.5 Å². The van der Waals surface area contributed by atoms with Crippen molar-refractivity contribution in [2.45, 2.75) is 24.7 Å². The van der Waals surface area contributed by atoms with E-state index in [1.807, 2.05) is 55.1 Å². The molecule has 0 unspecified atom stereocenters. The van der Waals surface area contributed by atoms with Crippen molar-refractivity contribution in [3.63, 3.8) is 0 Å². The molecule has 3 heterocycles. The first-order chi connectivity index (χ1) is 17.3. The molecule has 0 aliphatic carbocycles. The van der Waals surface area contributed by atoms with Gasteiger partial charge in [-0.3, -0.25) is 0 Å². The van der Waals surface area contributed by atoms with Crippen molar-refractivity contribution in [2.24, 2.45) is 7.05 Å². The molecule has 36 heavy (non-hydrogen) atoms. The summed E-state index contributed by atoms with van der Waals surface area (Å²) in [6.45, 7) is 1.92. The standard InChI is InChI=1S/C28H25N3O4S/c1-19-9-12-22(13-10-19)36(34,35)31-26(17-21-7-5-15-29-28(21)31)24-18-30(2)25-14-11-20(16-23(24)25)6-3-4-8-27(32)33/h4-5,7-18H,3,6H2,1-2H3,(H,32,33). The van der Waals surface area contributed by atoms with Crippen LogP contribution in [0.2, 0.25) is 0 Å². The van der Waals surface area contributed by atoms with Crippen LogP contribution in [0, 0.1) is 6.92 Å². The number of hydrogen-bond acceptors (Lipinski definition) is 4. The summed E-state index contributed by atoms with van der Waals surface area (Å²) in [6.07, 6.45) is 7.57. The number of aliphatic carboxylic acids is 1. The van der Waals surface area contributed by atoms with Gasteiger partial charge in [-0.2, -0.15) is 0 Å². The molecule has 5 aromatic rings. The van der Waals surface area contributed by atoms with E-state index in [4.69, 9.17) is 5.11 Å². The Morgan fingerprint density at radius 3 is 2.61 bits per heavy atom. The van der Waals surface area contributed by atoms with Crippen LogP contribution in [0.3, 0.4) is 0 Å². The molecule has 0 aliphatic heterocycles. The molecule has 0 fully saturated rings. The van der Waals surface area contributed by atoms with Crippen molar-refractivity contribution in [3.8, 4) is 11.3 Å². The Balaban J connectivity index is 1.70. The number of aryl methyl sites for hydroxylation is 3. The average molecular weight is 500 g/mol. The number of carboxylic acid groups (broad SMARTS) is 1. The Hall–Kier alpha value is -4.17. The average Bonchev–Trinajstić information content (AvgIpc) is 3.40. The van der Waals surface area contributed by atoms with Crippen molar-refractivity contribution in [1.29, 1.82) is 0 Å². The highest BCUT2D eigenvalue weighted by Crippen LogP contribution is 2.36. The van der Waals surface area contributed by atoms with Gasteiger partial charge in [0.05, 0.1) is 10.6 Å². The van der Waals surface area contributed by atoms with Gasteiger partial charge in [-0.05, 0) is 67.8 Å². The molecule has 0 aliphatic rings. The molecule has 0 saturated carbocycles. The molecule has 1 N–H and O–H groups in total. The van der Waals surface area contributed by atoms with Crippen molar-refractivity contribution >= 4 is 37.9 Å². The fourth-order valence-electron chi connectivity index (χ4n) is 4.49. The molecule has 0 radical (unpaired) electrons. The SMILES string of the molecule is Cc1ccc(S(=O)(=O)n2c(-c3cn(C)c4ccc(CCC=CC(=O)O)cc34)cc3cccnc32)cc1. The predicted octanol–water partition coefficient (Wildman–Crippen LogP) is 5.31. The third kappa shape index (κ3) is 4.20. The molecular weight excluding hydrogens is 474 g/mol. The number of hydrogen-bond donors (Lipinski definition) is 1. The summed E-state index contributed by atoms with van der Waals surface area (Å²) in [5, 5.41) is 10.5. The van der Waals surface area contributed by atoms with E-state index in [1.165, 1.54) is 3.97 Å². The van der Waals surface area contributed by atoms with E-state index in [0.717, 1.165) is 39.1 Å². The zero-order valence-corrected chi connectivity index (χ0v) is 20.7. The lowest BCUT2D eigenvalue weighted by Crippen LogP contribution is -2.14. The van der Waals surface area contributed by atoms with Gasteiger partial charge in [0.1, 0.15) is 0 Å². The number of aromatic nitrogens is 3. The molecule has 182 valence electrons. The summed E-state index contributed by atoms with van der Waals surface area (Å²) in [5.41, 5.74) is 4.67. The van der Waals surface area contributed by atoms with Crippen LogP contribution < -0.4 is 0 Å². The van der Waals surface area contributed by atoms with Gasteiger partial charge in [0.25, 0.3) is 10.0 Å². The second-order valence-electron chi connectivity index (χ2n) is 8.81. The maximum Gasteiger partial charge on any atom is 0.327 e. The lowest BCUT2D eigenvalue weighted by atomic mass is 10.0. The lowest BCUT2D eigenvalue weighted by molar-refractivity contribution is -0.131. The summed E-state index contributed by atoms with van der Waals surface area (Å²) in [4.78, 5) is 15.4. The zero-order chi connectivity index (χ0) is 25.4. The van der Waals surface area contributed by atoms with Gasteiger partial charge in [0, 0.05) is 47.4 Å².